The van der Waals surface area contributed by atoms with Gasteiger partial charge in [0.05, 0.1) is 6.61 Å². The summed E-state index contributed by atoms with van der Waals surface area (Å²) in [5.74, 6) is 0. The van der Waals surface area contributed by atoms with Crippen molar-refractivity contribution in [2.24, 2.45) is 0 Å². The summed E-state index contributed by atoms with van der Waals surface area (Å²) in [5, 5.41) is 5.95. The molecular weight excluding hydrogens is 344 g/mol. The summed E-state index contributed by atoms with van der Waals surface area (Å²) >= 11 is 0. The van der Waals surface area contributed by atoms with Crippen molar-refractivity contribution >= 4 is 17.8 Å². The fourth-order valence-corrected chi connectivity index (χ4v) is 3.33. The van der Waals surface area contributed by atoms with Gasteiger partial charge in [0.15, 0.2) is 0 Å². The van der Waals surface area contributed by atoms with Gasteiger partial charge in [0.1, 0.15) is 0 Å². The van der Waals surface area contributed by atoms with Crippen molar-refractivity contribution in [2.45, 2.75) is 39.7 Å². The molecule has 1 fully saturated rings. The van der Waals surface area contributed by atoms with Gasteiger partial charge in [0, 0.05) is 44.5 Å². The van der Waals surface area contributed by atoms with Gasteiger partial charge in [-0.3, -0.25) is 0 Å². The fraction of sp³-hybridized carbons (Fsp3) is 0.600. The minimum atomic E-state index is -0.267. The predicted molar refractivity (Wildman–Crippen MR) is 107 cm³/mol. The summed E-state index contributed by atoms with van der Waals surface area (Å²) < 4.78 is 5.01. The summed E-state index contributed by atoms with van der Waals surface area (Å²) in [6.45, 7) is 9.85. The molecule has 7 heteroatoms. The molecule has 27 heavy (non-hydrogen) atoms. The second-order valence-electron chi connectivity index (χ2n) is 6.73. The first kappa shape index (κ1) is 20.9. The predicted octanol–water partition coefficient (Wildman–Crippen LogP) is 2.74. The molecule has 1 heterocycles. The van der Waals surface area contributed by atoms with Gasteiger partial charge in [-0.1, -0.05) is 18.2 Å². The van der Waals surface area contributed by atoms with Crippen molar-refractivity contribution in [2.75, 3.05) is 44.2 Å². The number of carbonyl (C=O) groups excluding carboxylic acids is 2. The van der Waals surface area contributed by atoms with Crippen LogP contribution in [0, 0.1) is 6.92 Å². The van der Waals surface area contributed by atoms with Crippen LogP contribution in [0.1, 0.15) is 32.3 Å². The van der Waals surface area contributed by atoms with Gasteiger partial charge in [-0.2, -0.15) is 0 Å². The number of likely N-dealkylation sites (N-methyl/N-ethyl adjacent to an activating group) is 1. The third-order valence-electron chi connectivity index (χ3n) is 4.86. The first-order valence-electron chi connectivity index (χ1n) is 9.81. The SMILES string of the molecule is CCOC(=O)N1CCC(NC(=O)NCCN(CC)c2ccccc2C)CC1. The topological polar surface area (TPSA) is 73.9 Å². The van der Waals surface area contributed by atoms with Gasteiger partial charge in [0.25, 0.3) is 0 Å². The molecule has 1 aromatic carbocycles. The van der Waals surface area contributed by atoms with E-state index in [2.05, 4.69) is 41.5 Å². The molecule has 1 aromatic rings. The van der Waals surface area contributed by atoms with Crippen LogP contribution in [0.5, 0.6) is 0 Å². The maximum Gasteiger partial charge on any atom is 0.409 e. The van der Waals surface area contributed by atoms with E-state index in [-0.39, 0.29) is 18.2 Å². The number of rotatable bonds is 7. The summed E-state index contributed by atoms with van der Waals surface area (Å²) in [6.07, 6.45) is 1.23. The Hall–Kier alpha value is -2.44. The van der Waals surface area contributed by atoms with Crippen LogP contribution in [-0.4, -0.2) is 62.4 Å². The van der Waals surface area contributed by atoms with Crippen LogP contribution in [0.2, 0.25) is 0 Å². The van der Waals surface area contributed by atoms with Crippen LogP contribution in [0.4, 0.5) is 15.3 Å². The van der Waals surface area contributed by atoms with E-state index in [0.29, 0.717) is 26.2 Å². The standard InChI is InChI=1S/C20H32N4O3/c1-4-23(18-9-7-6-8-16(18)3)15-12-21-19(25)22-17-10-13-24(14-11-17)20(26)27-5-2/h6-9,17H,4-5,10-15H2,1-3H3,(H2,21,22,25). The molecule has 0 aliphatic carbocycles. The number of anilines is 1. The zero-order valence-corrected chi connectivity index (χ0v) is 16.7. The van der Waals surface area contributed by atoms with Crippen molar-refractivity contribution in [3.8, 4) is 0 Å². The van der Waals surface area contributed by atoms with E-state index >= 15 is 0 Å². The molecule has 0 radical (unpaired) electrons. The highest BCUT2D eigenvalue weighted by molar-refractivity contribution is 5.74. The Balaban J connectivity index is 1.69. The molecule has 7 nitrogen and oxygen atoms in total. The lowest BCUT2D eigenvalue weighted by molar-refractivity contribution is 0.0957. The second kappa shape index (κ2) is 10.6. The number of ether oxygens (including phenoxy) is 1. The molecule has 0 unspecified atom stereocenters. The monoisotopic (exact) mass is 376 g/mol. The largest absolute Gasteiger partial charge is 0.450 e. The van der Waals surface area contributed by atoms with Gasteiger partial charge in [-0.25, -0.2) is 9.59 Å². The van der Waals surface area contributed by atoms with Crippen LogP contribution in [0.15, 0.2) is 24.3 Å². The zero-order chi connectivity index (χ0) is 19.6. The molecule has 1 aliphatic rings. The van der Waals surface area contributed by atoms with E-state index < -0.39 is 0 Å². The number of aryl methyl sites for hydroxylation is 1. The molecule has 0 bridgehead atoms. The lowest BCUT2D eigenvalue weighted by atomic mass is 10.1. The molecule has 150 valence electrons. The molecule has 0 atom stereocenters. The smallest absolute Gasteiger partial charge is 0.409 e. The summed E-state index contributed by atoms with van der Waals surface area (Å²) in [6, 6.07) is 8.22. The third kappa shape index (κ3) is 6.34. The number of amides is 3. The van der Waals surface area contributed by atoms with Crippen LogP contribution >= 0.6 is 0 Å². The number of nitrogens with zero attached hydrogens (tertiary/aromatic N) is 2. The first-order valence-corrected chi connectivity index (χ1v) is 9.81. The lowest BCUT2D eigenvalue weighted by Crippen LogP contribution is -2.50. The number of carbonyl (C=O) groups is 2. The van der Waals surface area contributed by atoms with Gasteiger partial charge in [-0.15, -0.1) is 0 Å². The number of hydrogen-bond acceptors (Lipinski definition) is 4. The van der Waals surface area contributed by atoms with Crippen LogP contribution < -0.4 is 15.5 Å². The highest BCUT2D eigenvalue weighted by Crippen LogP contribution is 2.18. The summed E-state index contributed by atoms with van der Waals surface area (Å²) in [4.78, 5) is 27.8. The molecule has 2 rings (SSSR count). The Morgan fingerprint density at radius 1 is 1.22 bits per heavy atom. The fourth-order valence-electron chi connectivity index (χ4n) is 3.33. The van der Waals surface area contributed by atoms with Crippen LogP contribution in [0.3, 0.4) is 0 Å². The van der Waals surface area contributed by atoms with Crippen molar-refractivity contribution in [3.63, 3.8) is 0 Å². The average Bonchev–Trinajstić information content (AvgIpc) is 2.67. The second-order valence-corrected chi connectivity index (χ2v) is 6.73. The molecule has 0 aromatic heterocycles. The molecular formula is C20H32N4O3. The average molecular weight is 377 g/mol. The number of hydrogen-bond donors (Lipinski definition) is 2. The van der Waals surface area contributed by atoms with Crippen LogP contribution in [0.25, 0.3) is 0 Å². The Morgan fingerprint density at radius 3 is 2.56 bits per heavy atom. The number of benzene rings is 1. The number of piperidine rings is 1. The van der Waals surface area contributed by atoms with E-state index in [0.717, 1.165) is 25.9 Å². The van der Waals surface area contributed by atoms with Crippen molar-refractivity contribution in [1.29, 1.82) is 0 Å². The third-order valence-corrected chi connectivity index (χ3v) is 4.86. The Labute approximate surface area is 162 Å². The van der Waals surface area contributed by atoms with Crippen molar-refractivity contribution in [1.82, 2.24) is 15.5 Å². The molecule has 0 saturated carbocycles. The summed E-state index contributed by atoms with van der Waals surface area (Å²) in [7, 11) is 0. The van der Waals surface area contributed by atoms with Gasteiger partial charge in [-0.05, 0) is 45.2 Å². The van der Waals surface area contributed by atoms with Crippen LogP contribution in [-0.2, 0) is 4.74 Å². The summed E-state index contributed by atoms with van der Waals surface area (Å²) in [5.41, 5.74) is 2.44. The minimum Gasteiger partial charge on any atom is -0.450 e. The number of para-hydroxylation sites is 1. The van der Waals surface area contributed by atoms with E-state index in [4.69, 9.17) is 4.74 Å². The first-order chi connectivity index (χ1) is 13.0. The Morgan fingerprint density at radius 2 is 1.93 bits per heavy atom. The number of urea groups is 1. The Bertz CT molecular complexity index is 615. The number of likely N-dealkylation sites (tertiary alicyclic amines) is 1. The minimum absolute atomic E-state index is 0.0920. The molecule has 1 aliphatic heterocycles. The lowest BCUT2D eigenvalue weighted by Gasteiger charge is -2.31. The van der Waals surface area contributed by atoms with Gasteiger partial charge >= 0.3 is 12.1 Å². The molecule has 1 saturated heterocycles. The maximum absolute atomic E-state index is 12.2. The van der Waals surface area contributed by atoms with E-state index in [1.807, 2.05) is 12.1 Å². The zero-order valence-electron chi connectivity index (χ0n) is 16.7. The Kier molecular flexibility index (Phi) is 8.23. The highest BCUT2D eigenvalue weighted by atomic mass is 16.6. The maximum atomic E-state index is 12.2. The van der Waals surface area contributed by atoms with Gasteiger partial charge in [0.2, 0.25) is 0 Å². The molecule has 3 amide bonds. The van der Waals surface area contributed by atoms with Crippen molar-refractivity contribution in [3.05, 3.63) is 29.8 Å². The highest BCUT2D eigenvalue weighted by Gasteiger charge is 2.24. The van der Waals surface area contributed by atoms with E-state index in [1.165, 1.54) is 11.3 Å². The van der Waals surface area contributed by atoms with Gasteiger partial charge < -0.3 is 25.2 Å². The molecule has 0 spiro atoms. The normalized spacial score (nSPS) is 14.6. The van der Waals surface area contributed by atoms with E-state index in [1.54, 1.807) is 11.8 Å². The van der Waals surface area contributed by atoms with Crippen molar-refractivity contribution < 1.29 is 14.3 Å². The van der Waals surface area contributed by atoms with E-state index in [9.17, 15) is 9.59 Å². The molecule has 2 N–H and O–H groups in total. The quantitative estimate of drug-likeness (QED) is 0.767. The number of nitrogens with one attached hydrogen (secondary N) is 2.